The van der Waals surface area contributed by atoms with E-state index in [9.17, 15) is 18.0 Å². The molecule has 0 heterocycles. The highest BCUT2D eigenvalue weighted by Gasteiger charge is 2.59. The first-order valence-corrected chi connectivity index (χ1v) is 4.28. The minimum atomic E-state index is -5.12. The summed E-state index contributed by atoms with van der Waals surface area (Å²) in [6.07, 6.45) is -4.75. The van der Waals surface area contributed by atoms with E-state index in [1.165, 1.54) is 0 Å². The van der Waals surface area contributed by atoms with Crippen molar-refractivity contribution in [1.82, 2.24) is 0 Å². The number of halogens is 3. The third-order valence-corrected chi connectivity index (χ3v) is 1.96. The van der Waals surface area contributed by atoms with Crippen LogP contribution in [0.2, 0.25) is 0 Å². The van der Waals surface area contributed by atoms with Gasteiger partial charge in [-0.1, -0.05) is 19.8 Å². The van der Waals surface area contributed by atoms with Crippen LogP contribution in [0.5, 0.6) is 0 Å². The molecular formula is C8H13F3O3. The topological polar surface area (TPSA) is 57.5 Å². The van der Waals surface area contributed by atoms with E-state index >= 15 is 0 Å². The summed E-state index contributed by atoms with van der Waals surface area (Å²) in [6.45, 7) is 1.77. The number of unbranched alkanes of at least 4 members (excludes halogenated alkanes) is 2. The summed E-state index contributed by atoms with van der Waals surface area (Å²) in [5, 5.41) is 17.2. The first-order valence-electron chi connectivity index (χ1n) is 4.28. The summed E-state index contributed by atoms with van der Waals surface area (Å²) in [6, 6.07) is 0. The maximum Gasteiger partial charge on any atom is 0.428 e. The normalized spacial score (nSPS) is 16.4. The minimum Gasteiger partial charge on any atom is -0.479 e. The second-order valence-corrected chi connectivity index (χ2v) is 3.12. The molecule has 0 fully saturated rings. The number of aliphatic carboxylic acids is 1. The highest BCUT2D eigenvalue weighted by Crippen LogP contribution is 2.34. The van der Waals surface area contributed by atoms with Crippen LogP contribution in [0.4, 0.5) is 13.2 Å². The molecular weight excluding hydrogens is 201 g/mol. The van der Waals surface area contributed by atoms with Crippen LogP contribution in [0.1, 0.15) is 32.6 Å². The van der Waals surface area contributed by atoms with E-state index in [0.717, 1.165) is 0 Å². The average Bonchev–Trinajstić information content (AvgIpc) is 2.02. The summed E-state index contributed by atoms with van der Waals surface area (Å²) in [5.74, 6) is -2.24. The zero-order valence-corrected chi connectivity index (χ0v) is 7.76. The summed E-state index contributed by atoms with van der Waals surface area (Å²) < 4.78 is 36.5. The number of carboxylic acid groups (broad SMARTS) is 1. The molecule has 2 N–H and O–H groups in total. The van der Waals surface area contributed by atoms with Crippen molar-refractivity contribution in [3.8, 4) is 0 Å². The van der Waals surface area contributed by atoms with Crippen LogP contribution in [0.25, 0.3) is 0 Å². The molecule has 0 aliphatic rings. The SMILES string of the molecule is CCCCC[C@](O)(C(=O)O)C(F)(F)F. The fourth-order valence-corrected chi connectivity index (χ4v) is 1.00. The third kappa shape index (κ3) is 2.87. The number of rotatable bonds is 5. The Bertz CT molecular complexity index is 202. The average molecular weight is 214 g/mol. The van der Waals surface area contributed by atoms with Crippen LogP contribution >= 0.6 is 0 Å². The molecule has 0 aromatic heterocycles. The van der Waals surface area contributed by atoms with Crippen molar-refractivity contribution in [2.24, 2.45) is 0 Å². The number of carbonyl (C=O) groups is 1. The van der Waals surface area contributed by atoms with E-state index in [1.54, 1.807) is 6.92 Å². The van der Waals surface area contributed by atoms with Crippen molar-refractivity contribution < 1.29 is 28.2 Å². The van der Waals surface area contributed by atoms with Gasteiger partial charge in [0.25, 0.3) is 5.60 Å². The Labute approximate surface area is 79.5 Å². The fourth-order valence-electron chi connectivity index (χ4n) is 1.00. The Morgan fingerprint density at radius 3 is 2.07 bits per heavy atom. The Morgan fingerprint density at radius 1 is 1.29 bits per heavy atom. The molecule has 0 spiro atoms. The van der Waals surface area contributed by atoms with Crippen LogP contribution in [0, 0.1) is 0 Å². The van der Waals surface area contributed by atoms with Crippen molar-refractivity contribution in [3.63, 3.8) is 0 Å². The van der Waals surface area contributed by atoms with Crippen LogP contribution in [0.3, 0.4) is 0 Å². The highest BCUT2D eigenvalue weighted by molar-refractivity contribution is 5.78. The molecule has 0 aliphatic heterocycles. The van der Waals surface area contributed by atoms with E-state index in [0.29, 0.717) is 12.8 Å². The van der Waals surface area contributed by atoms with Gasteiger partial charge >= 0.3 is 12.1 Å². The van der Waals surface area contributed by atoms with Gasteiger partial charge in [-0.2, -0.15) is 13.2 Å². The molecule has 0 aromatic carbocycles. The van der Waals surface area contributed by atoms with E-state index < -0.39 is 24.2 Å². The van der Waals surface area contributed by atoms with E-state index in [2.05, 4.69) is 0 Å². The molecule has 0 radical (unpaired) electrons. The van der Waals surface area contributed by atoms with Gasteiger partial charge in [0.15, 0.2) is 0 Å². The monoisotopic (exact) mass is 214 g/mol. The lowest BCUT2D eigenvalue weighted by atomic mass is 9.96. The van der Waals surface area contributed by atoms with Gasteiger partial charge in [0.2, 0.25) is 0 Å². The number of alkyl halides is 3. The second-order valence-electron chi connectivity index (χ2n) is 3.12. The van der Waals surface area contributed by atoms with Crippen LogP contribution in [0.15, 0.2) is 0 Å². The van der Waals surface area contributed by atoms with Gasteiger partial charge in [0.05, 0.1) is 0 Å². The van der Waals surface area contributed by atoms with Crippen molar-refractivity contribution in [2.45, 2.75) is 44.4 Å². The van der Waals surface area contributed by atoms with Crippen LogP contribution in [-0.4, -0.2) is 28.0 Å². The molecule has 0 unspecified atom stereocenters. The first-order chi connectivity index (χ1) is 6.25. The van der Waals surface area contributed by atoms with Crippen molar-refractivity contribution >= 4 is 5.97 Å². The molecule has 0 aliphatic carbocycles. The maximum atomic E-state index is 12.2. The van der Waals surface area contributed by atoms with E-state index in [1.807, 2.05) is 0 Å². The van der Waals surface area contributed by atoms with Crippen molar-refractivity contribution in [3.05, 3.63) is 0 Å². The molecule has 6 heteroatoms. The summed E-state index contributed by atoms with van der Waals surface area (Å²) in [7, 11) is 0. The summed E-state index contributed by atoms with van der Waals surface area (Å²) >= 11 is 0. The number of carboxylic acids is 1. The Hall–Kier alpha value is -0.780. The van der Waals surface area contributed by atoms with E-state index in [4.69, 9.17) is 10.2 Å². The van der Waals surface area contributed by atoms with Crippen LogP contribution in [-0.2, 0) is 4.79 Å². The second kappa shape index (κ2) is 4.63. The molecule has 0 aromatic rings. The third-order valence-electron chi connectivity index (χ3n) is 1.96. The lowest BCUT2D eigenvalue weighted by Gasteiger charge is -2.25. The fraction of sp³-hybridized carbons (Fsp3) is 0.875. The summed E-state index contributed by atoms with van der Waals surface area (Å²) in [5.41, 5.74) is -3.60. The quantitative estimate of drug-likeness (QED) is 0.687. The largest absolute Gasteiger partial charge is 0.479 e. The number of hydrogen-bond acceptors (Lipinski definition) is 2. The zero-order valence-electron chi connectivity index (χ0n) is 7.76. The molecule has 1 atom stereocenters. The van der Waals surface area contributed by atoms with Gasteiger partial charge in [-0.3, -0.25) is 0 Å². The molecule has 0 amide bonds. The van der Waals surface area contributed by atoms with Gasteiger partial charge in [0, 0.05) is 0 Å². The lowest BCUT2D eigenvalue weighted by Crippen LogP contribution is -2.51. The van der Waals surface area contributed by atoms with Crippen LogP contribution < -0.4 is 0 Å². The molecule has 0 saturated heterocycles. The molecule has 0 rings (SSSR count). The summed E-state index contributed by atoms with van der Waals surface area (Å²) in [4.78, 5) is 10.3. The van der Waals surface area contributed by atoms with Gasteiger partial charge < -0.3 is 10.2 Å². The first kappa shape index (κ1) is 13.2. The van der Waals surface area contributed by atoms with Crippen molar-refractivity contribution in [1.29, 1.82) is 0 Å². The smallest absolute Gasteiger partial charge is 0.428 e. The molecule has 0 saturated carbocycles. The molecule has 3 nitrogen and oxygen atoms in total. The lowest BCUT2D eigenvalue weighted by molar-refractivity contribution is -0.262. The van der Waals surface area contributed by atoms with Gasteiger partial charge in [-0.15, -0.1) is 0 Å². The Kier molecular flexibility index (Phi) is 4.38. The molecule has 0 bridgehead atoms. The predicted molar refractivity (Wildman–Crippen MR) is 42.8 cm³/mol. The molecule has 84 valence electrons. The maximum absolute atomic E-state index is 12.2. The van der Waals surface area contributed by atoms with Gasteiger partial charge in [0.1, 0.15) is 0 Å². The Balaban J connectivity index is 4.50. The standard InChI is InChI=1S/C8H13F3O3/c1-2-3-4-5-7(14,6(12)13)8(9,10)11/h14H,2-5H2,1H3,(H,12,13)/t7-/m0/s1. The predicted octanol–water partition coefficient (Wildman–Crippen LogP) is 1.94. The van der Waals surface area contributed by atoms with Gasteiger partial charge in [-0.05, 0) is 12.8 Å². The minimum absolute atomic E-state index is 0.0405. The van der Waals surface area contributed by atoms with Gasteiger partial charge in [-0.25, -0.2) is 4.79 Å². The Morgan fingerprint density at radius 2 is 1.79 bits per heavy atom. The highest BCUT2D eigenvalue weighted by atomic mass is 19.4. The number of aliphatic hydroxyl groups is 1. The number of hydrogen-bond donors (Lipinski definition) is 2. The zero-order chi connectivity index (χ0) is 11.4. The molecule has 14 heavy (non-hydrogen) atoms. The van der Waals surface area contributed by atoms with E-state index in [-0.39, 0.29) is 6.42 Å². The van der Waals surface area contributed by atoms with Crippen molar-refractivity contribution in [2.75, 3.05) is 0 Å².